The van der Waals surface area contributed by atoms with Gasteiger partial charge in [-0.15, -0.1) is 0 Å². The molecule has 0 amide bonds. The Morgan fingerprint density at radius 2 is 1.89 bits per heavy atom. The highest BCUT2D eigenvalue weighted by Crippen LogP contribution is 2.28. The smallest absolute Gasteiger partial charge is 0.269 e. The fraction of sp³-hybridized carbons (Fsp3) is 0.0714. The van der Waals surface area contributed by atoms with E-state index in [1.54, 1.807) is 37.3 Å². The topological polar surface area (TPSA) is 76.2 Å². The maximum absolute atomic E-state index is 10.6. The predicted molar refractivity (Wildman–Crippen MR) is 69.1 cm³/mol. The highest BCUT2D eigenvalue weighted by atomic mass is 16.6. The molecule has 2 rings (SSSR count). The van der Waals surface area contributed by atoms with Crippen LogP contribution in [0.15, 0.2) is 42.5 Å². The van der Waals surface area contributed by atoms with E-state index < -0.39 is 4.92 Å². The second-order valence-electron chi connectivity index (χ2n) is 3.95. The normalized spacial score (nSPS) is 9.68. The molecular weight excluding hydrogens is 244 g/mol. The number of nitro benzene ring substituents is 1. The van der Waals surface area contributed by atoms with Gasteiger partial charge in [0.2, 0.25) is 0 Å². The first-order valence-electron chi connectivity index (χ1n) is 5.53. The third-order valence-electron chi connectivity index (χ3n) is 2.58. The molecular formula is C14H10N2O3. The van der Waals surface area contributed by atoms with Crippen LogP contribution in [0.1, 0.15) is 11.1 Å². The number of rotatable bonds is 3. The van der Waals surface area contributed by atoms with Crippen molar-refractivity contribution in [1.29, 1.82) is 5.26 Å². The van der Waals surface area contributed by atoms with Crippen LogP contribution in [0.2, 0.25) is 0 Å². The SMILES string of the molecule is Cc1cc([N+](=O)[O-])ccc1Oc1ccc(C#N)cc1. The van der Waals surface area contributed by atoms with Gasteiger partial charge in [-0.05, 0) is 42.8 Å². The second-order valence-corrected chi connectivity index (χ2v) is 3.95. The Morgan fingerprint density at radius 3 is 2.42 bits per heavy atom. The maximum atomic E-state index is 10.6. The third kappa shape index (κ3) is 2.87. The number of nitriles is 1. The Labute approximate surface area is 109 Å². The van der Waals surface area contributed by atoms with E-state index in [2.05, 4.69) is 0 Å². The number of nitrogens with zero attached hydrogens (tertiary/aromatic N) is 2. The van der Waals surface area contributed by atoms with Crippen LogP contribution in [-0.4, -0.2) is 4.92 Å². The first-order chi connectivity index (χ1) is 9.10. The van der Waals surface area contributed by atoms with Gasteiger partial charge in [0.15, 0.2) is 0 Å². The van der Waals surface area contributed by atoms with Crippen molar-refractivity contribution in [2.45, 2.75) is 6.92 Å². The molecule has 0 atom stereocenters. The highest BCUT2D eigenvalue weighted by Gasteiger charge is 2.09. The van der Waals surface area contributed by atoms with Crippen molar-refractivity contribution in [3.63, 3.8) is 0 Å². The average Bonchev–Trinajstić information content (AvgIpc) is 2.41. The summed E-state index contributed by atoms with van der Waals surface area (Å²) in [7, 11) is 0. The predicted octanol–water partition coefficient (Wildman–Crippen LogP) is 3.57. The van der Waals surface area contributed by atoms with Crippen molar-refractivity contribution in [2.75, 3.05) is 0 Å². The van der Waals surface area contributed by atoms with Crippen LogP contribution in [0.4, 0.5) is 5.69 Å². The van der Waals surface area contributed by atoms with Crippen LogP contribution in [0, 0.1) is 28.4 Å². The molecule has 0 radical (unpaired) electrons. The third-order valence-corrected chi connectivity index (χ3v) is 2.58. The lowest BCUT2D eigenvalue weighted by molar-refractivity contribution is -0.384. The minimum absolute atomic E-state index is 0.0321. The van der Waals surface area contributed by atoms with Crippen LogP contribution in [0.3, 0.4) is 0 Å². The minimum Gasteiger partial charge on any atom is -0.457 e. The lowest BCUT2D eigenvalue weighted by Gasteiger charge is -2.08. The summed E-state index contributed by atoms with van der Waals surface area (Å²) >= 11 is 0. The lowest BCUT2D eigenvalue weighted by Crippen LogP contribution is -1.91. The van der Waals surface area contributed by atoms with E-state index in [4.69, 9.17) is 10.00 Å². The van der Waals surface area contributed by atoms with Crippen LogP contribution in [0.25, 0.3) is 0 Å². The van der Waals surface area contributed by atoms with E-state index in [1.165, 1.54) is 12.1 Å². The lowest BCUT2D eigenvalue weighted by atomic mass is 10.2. The Hall–Kier alpha value is -2.87. The molecule has 0 saturated heterocycles. The van der Waals surface area contributed by atoms with Crippen LogP contribution < -0.4 is 4.74 Å². The zero-order chi connectivity index (χ0) is 13.8. The molecule has 19 heavy (non-hydrogen) atoms. The summed E-state index contributed by atoms with van der Waals surface area (Å²) in [6.45, 7) is 1.74. The number of ether oxygens (including phenoxy) is 1. The molecule has 0 aliphatic heterocycles. The van der Waals surface area contributed by atoms with Crippen molar-refractivity contribution >= 4 is 5.69 Å². The number of benzene rings is 2. The molecule has 0 bridgehead atoms. The highest BCUT2D eigenvalue weighted by molar-refractivity contribution is 5.45. The molecule has 5 nitrogen and oxygen atoms in total. The van der Waals surface area contributed by atoms with Crippen molar-refractivity contribution < 1.29 is 9.66 Å². The number of hydrogen-bond donors (Lipinski definition) is 0. The molecule has 0 spiro atoms. The van der Waals surface area contributed by atoms with E-state index in [1.807, 2.05) is 6.07 Å². The van der Waals surface area contributed by atoms with Gasteiger partial charge in [-0.2, -0.15) is 5.26 Å². The fourth-order valence-corrected chi connectivity index (χ4v) is 1.59. The molecule has 94 valence electrons. The van der Waals surface area contributed by atoms with Crippen LogP contribution >= 0.6 is 0 Å². The van der Waals surface area contributed by atoms with E-state index in [9.17, 15) is 10.1 Å². The zero-order valence-electron chi connectivity index (χ0n) is 10.2. The first kappa shape index (κ1) is 12.6. The summed E-state index contributed by atoms with van der Waals surface area (Å²) in [5, 5.41) is 19.3. The Bertz CT molecular complexity index is 657. The average molecular weight is 254 g/mol. The summed E-state index contributed by atoms with van der Waals surface area (Å²) in [6, 6.07) is 13.1. The Kier molecular flexibility index (Phi) is 3.44. The monoisotopic (exact) mass is 254 g/mol. The molecule has 0 heterocycles. The number of aryl methyl sites for hydroxylation is 1. The second kappa shape index (κ2) is 5.19. The maximum Gasteiger partial charge on any atom is 0.269 e. The van der Waals surface area contributed by atoms with Crippen molar-refractivity contribution in [3.05, 3.63) is 63.7 Å². The van der Waals surface area contributed by atoms with Gasteiger partial charge in [0.1, 0.15) is 11.5 Å². The Morgan fingerprint density at radius 1 is 1.21 bits per heavy atom. The summed E-state index contributed by atoms with van der Waals surface area (Å²) in [5.41, 5.74) is 1.26. The molecule has 0 aliphatic rings. The summed E-state index contributed by atoms with van der Waals surface area (Å²) < 4.78 is 5.61. The van der Waals surface area contributed by atoms with Gasteiger partial charge in [-0.1, -0.05) is 0 Å². The largest absolute Gasteiger partial charge is 0.457 e. The standard InChI is InChI=1S/C14H10N2O3/c1-10-8-12(16(17)18)4-7-14(10)19-13-5-2-11(9-15)3-6-13/h2-8H,1H3. The molecule has 2 aromatic carbocycles. The van der Waals surface area contributed by atoms with E-state index in [0.717, 1.165) is 0 Å². The number of nitro groups is 1. The number of non-ortho nitro benzene ring substituents is 1. The molecule has 0 saturated carbocycles. The molecule has 0 unspecified atom stereocenters. The Balaban J connectivity index is 2.23. The molecule has 0 aromatic heterocycles. The van der Waals surface area contributed by atoms with Crippen molar-refractivity contribution in [1.82, 2.24) is 0 Å². The van der Waals surface area contributed by atoms with Gasteiger partial charge >= 0.3 is 0 Å². The van der Waals surface area contributed by atoms with E-state index in [0.29, 0.717) is 22.6 Å². The van der Waals surface area contributed by atoms with Crippen molar-refractivity contribution in [2.24, 2.45) is 0 Å². The zero-order valence-corrected chi connectivity index (χ0v) is 10.2. The van der Waals surface area contributed by atoms with Gasteiger partial charge in [-0.3, -0.25) is 10.1 Å². The van der Waals surface area contributed by atoms with E-state index in [-0.39, 0.29) is 5.69 Å². The summed E-state index contributed by atoms with van der Waals surface area (Å²) in [5.74, 6) is 1.13. The fourth-order valence-electron chi connectivity index (χ4n) is 1.59. The van der Waals surface area contributed by atoms with Crippen LogP contribution in [0.5, 0.6) is 11.5 Å². The molecule has 2 aromatic rings. The van der Waals surface area contributed by atoms with Crippen LogP contribution in [-0.2, 0) is 0 Å². The quantitative estimate of drug-likeness (QED) is 0.619. The van der Waals surface area contributed by atoms with Gasteiger partial charge in [0.05, 0.1) is 16.6 Å². The summed E-state index contributed by atoms with van der Waals surface area (Å²) in [6.07, 6.45) is 0. The van der Waals surface area contributed by atoms with Gasteiger partial charge < -0.3 is 4.74 Å². The summed E-state index contributed by atoms with van der Waals surface area (Å²) in [4.78, 5) is 10.2. The first-order valence-corrected chi connectivity index (χ1v) is 5.53. The molecule has 5 heteroatoms. The molecule has 0 N–H and O–H groups in total. The van der Waals surface area contributed by atoms with Crippen molar-refractivity contribution in [3.8, 4) is 17.6 Å². The van der Waals surface area contributed by atoms with Gasteiger partial charge in [-0.25, -0.2) is 0 Å². The van der Waals surface area contributed by atoms with E-state index >= 15 is 0 Å². The minimum atomic E-state index is -0.446. The van der Waals surface area contributed by atoms with Gasteiger partial charge in [0.25, 0.3) is 5.69 Å². The molecule has 0 fully saturated rings. The number of hydrogen-bond acceptors (Lipinski definition) is 4. The van der Waals surface area contributed by atoms with Gasteiger partial charge in [0, 0.05) is 12.1 Å². The molecule has 0 aliphatic carbocycles.